The summed E-state index contributed by atoms with van der Waals surface area (Å²) in [5, 5.41) is 1.99. The lowest BCUT2D eigenvalue weighted by Gasteiger charge is -2.35. The van der Waals surface area contributed by atoms with Crippen LogP contribution >= 0.6 is 11.3 Å². The topological polar surface area (TPSA) is 49.9 Å². The molecule has 1 aromatic rings. The van der Waals surface area contributed by atoms with Crippen molar-refractivity contribution in [3.8, 4) is 0 Å². The van der Waals surface area contributed by atoms with Crippen molar-refractivity contribution in [2.24, 2.45) is 0 Å². The smallest absolute Gasteiger partial charge is 0.410 e. The summed E-state index contributed by atoms with van der Waals surface area (Å²) in [6.07, 6.45) is 5.84. The first-order chi connectivity index (χ1) is 11.2. The Hall–Kier alpha value is -1.82. The van der Waals surface area contributed by atoms with Crippen LogP contribution in [0, 0.1) is 0 Å². The molecule has 0 radical (unpaired) electrons. The highest BCUT2D eigenvalue weighted by Gasteiger charge is 2.36. The van der Waals surface area contributed by atoms with Gasteiger partial charge in [-0.3, -0.25) is 4.79 Å². The molecule has 5 nitrogen and oxygen atoms in total. The Morgan fingerprint density at radius 1 is 1.43 bits per heavy atom. The number of hydrogen-bond donors (Lipinski definition) is 0. The molecule has 0 bridgehead atoms. The third-order valence-corrected chi connectivity index (χ3v) is 5.35. The third-order valence-electron chi connectivity index (χ3n) is 4.51. The van der Waals surface area contributed by atoms with Crippen molar-refractivity contribution < 1.29 is 14.3 Å². The van der Waals surface area contributed by atoms with Crippen molar-refractivity contribution in [1.82, 2.24) is 9.80 Å². The number of carbonyl (C=O) groups excluding carboxylic acids is 2. The maximum atomic E-state index is 12.2. The fraction of sp³-hybridized carbons (Fsp3) is 0.529. The molecule has 0 N–H and O–H groups in total. The summed E-state index contributed by atoms with van der Waals surface area (Å²) in [5.74, 6) is 0.0484. The summed E-state index contributed by atoms with van der Waals surface area (Å²) < 4.78 is 5.33. The molecule has 2 aliphatic rings. The van der Waals surface area contributed by atoms with Gasteiger partial charge in [0.05, 0.1) is 6.54 Å². The van der Waals surface area contributed by atoms with E-state index >= 15 is 0 Å². The van der Waals surface area contributed by atoms with Crippen LogP contribution in [-0.2, 0) is 9.53 Å². The Bertz CT molecular complexity index is 577. The van der Waals surface area contributed by atoms with E-state index in [1.54, 1.807) is 17.4 Å². The van der Waals surface area contributed by atoms with Gasteiger partial charge in [0.1, 0.15) is 6.10 Å². The van der Waals surface area contributed by atoms with E-state index in [1.807, 2.05) is 40.3 Å². The van der Waals surface area contributed by atoms with Crippen LogP contribution < -0.4 is 0 Å². The van der Waals surface area contributed by atoms with Gasteiger partial charge in [0.2, 0.25) is 5.91 Å². The minimum absolute atomic E-state index is 0.0240. The van der Waals surface area contributed by atoms with Gasteiger partial charge in [-0.1, -0.05) is 13.0 Å². The predicted octanol–water partition coefficient (Wildman–Crippen LogP) is 2.98. The standard InChI is InChI=1S/C17H22N2O3S/c1-2-14-12-19(17(21)22-14)13-7-9-18(10-8-13)16(20)6-5-15-4-3-11-23-15/h3-6,11,13-14H,2,7-10,12H2,1H3. The zero-order valence-corrected chi connectivity index (χ0v) is 14.1. The van der Waals surface area contributed by atoms with E-state index in [9.17, 15) is 9.59 Å². The van der Waals surface area contributed by atoms with Crippen molar-refractivity contribution in [1.29, 1.82) is 0 Å². The Kier molecular flexibility index (Phi) is 5.00. The molecule has 6 heteroatoms. The van der Waals surface area contributed by atoms with E-state index < -0.39 is 0 Å². The van der Waals surface area contributed by atoms with Crippen LogP contribution in [-0.4, -0.2) is 53.6 Å². The number of cyclic esters (lactones) is 1. The molecule has 2 amide bonds. The number of rotatable bonds is 4. The van der Waals surface area contributed by atoms with Crippen molar-refractivity contribution in [3.05, 3.63) is 28.5 Å². The third kappa shape index (κ3) is 3.75. The number of piperidine rings is 1. The summed E-state index contributed by atoms with van der Waals surface area (Å²) in [6, 6.07) is 4.16. The maximum absolute atomic E-state index is 12.2. The predicted molar refractivity (Wildman–Crippen MR) is 90.2 cm³/mol. The molecule has 2 fully saturated rings. The quantitative estimate of drug-likeness (QED) is 0.796. The summed E-state index contributed by atoms with van der Waals surface area (Å²) in [6.45, 7) is 4.10. The number of nitrogens with zero attached hydrogens (tertiary/aromatic N) is 2. The van der Waals surface area contributed by atoms with Gasteiger partial charge in [-0.2, -0.15) is 0 Å². The van der Waals surface area contributed by atoms with Gasteiger partial charge in [-0.25, -0.2) is 4.79 Å². The fourth-order valence-corrected chi connectivity index (χ4v) is 3.71. The molecule has 0 saturated carbocycles. The van der Waals surface area contributed by atoms with Gasteiger partial charge in [-0.05, 0) is 36.8 Å². The highest BCUT2D eigenvalue weighted by atomic mass is 32.1. The van der Waals surface area contributed by atoms with Crippen LogP contribution in [0.2, 0.25) is 0 Å². The Morgan fingerprint density at radius 2 is 2.22 bits per heavy atom. The second-order valence-electron chi connectivity index (χ2n) is 5.97. The highest BCUT2D eigenvalue weighted by molar-refractivity contribution is 7.10. The molecule has 3 rings (SSSR count). The molecular weight excluding hydrogens is 312 g/mol. The minimum Gasteiger partial charge on any atom is -0.444 e. The lowest BCUT2D eigenvalue weighted by molar-refractivity contribution is -0.127. The van der Waals surface area contributed by atoms with Gasteiger partial charge in [0.25, 0.3) is 0 Å². The van der Waals surface area contributed by atoms with Gasteiger partial charge < -0.3 is 14.5 Å². The molecule has 2 saturated heterocycles. The molecule has 1 aromatic heterocycles. The van der Waals surface area contributed by atoms with Crippen LogP contribution in [0.4, 0.5) is 4.79 Å². The van der Waals surface area contributed by atoms with Gasteiger partial charge in [0, 0.05) is 30.1 Å². The number of ether oxygens (including phenoxy) is 1. The average Bonchev–Trinajstić information content (AvgIpc) is 3.22. The second kappa shape index (κ2) is 7.17. The van der Waals surface area contributed by atoms with Crippen molar-refractivity contribution in [2.75, 3.05) is 19.6 Å². The highest BCUT2D eigenvalue weighted by Crippen LogP contribution is 2.23. The largest absolute Gasteiger partial charge is 0.444 e. The Morgan fingerprint density at radius 3 is 2.83 bits per heavy atom. The monoisotopic (exact) mass is 334 g/mol. The molecule has 0 spiro atoms. The zero-order valence-electron chi connectivity index (χ0n) is 13.3. The zero-order chi connectivity index (χ0) is 16.2. The normalized spacial score (nSPS) is 22.8. The Labute approximate surface area is 140 Å². The molecule has 2 aliphatic heterocycles. The van der Waals surface area contributed by atoms with Gasteiger partial charge >= 0.3 is 6.09 Å². The SMILES string of the molecule is CCC1CN(C2CCN(C(=O)C=Cc3cccs3)CC2)C(=O)O1. The average molecular weight is 334 g/mol. The van der Waals surface area contributed by atoms with Crippen LogP contribution in [0.3, 0.4) is 0 Å². The first-order valence-electron chi connectivity index (χ1n) is 8.15. The molecule has 23 heavy (non-hydrogen) atoms. The van der Waals surface area contributed by atoms with Crippen molar-refractivity contribution in [2.45, 2.75) is 38.3 Å². The minimum atomic E-state index is -0.195. The number of hydrogen-bond acceptors (Lipinski definition) is 4. The van der Waals surface area contributed by atoms with Gasteiger partial charge in [0.15, 0.2) is 0 Å². The number of amides is 2. The number of likely N-dealkylation sites (tertiary alicyclic amines) is 1. The van der Waals surface area contributed by atoms with Gasteiger partial charge in [-0.15, -0.1) is 11.3 Å². The molecule has 0 aliphatic carbocycles. The van der Waals surface area contributed by atoms with E-state index in [-0.39, 0.29) is 24.1 Å². The van der Waals surface area contributed by atoms with E-state index in [4.69, 9.17) is 4.74 Å². The van der Waals surface area contributed by atoms with Crippen molar-refractivity contribution >= 4 is 29.4 Å². The van der Waals surface area contributed by atoms with E-state index in [0.717, 1.165) is 24.1 Å². The molecule has 124 valence electrons. The summed E-state index contributed by atoms with van der Waals surface area (Å²) in [7, 11) is 0. The fourth-order valence-electron chi connectivity index (χ4n) is 3.09. The lowest BCUT2D eigenvalue weighted by Crippen LogP contribution is -2.46. The van der Waals surface area contributed by atoms with Crippen LogP contribution in [0.25, 0.3) is 6.08 Å². The lowest BCUT2D eigenvalue weighted by atomic mass is 10.0. The first-order valence-corrected chi connectivity index (χ1v) is 9.03. The molecule has 1 atom stereocenters. The second-order valence-corrected chi connectivity index (χ2v) is 6.95. The molecule has 0 aromatic carbocycles. The van der Waals surface area contributed by atoms with E-state index in [0.29, 0.717) is 19.6 Å². The summed E-state index contributed by atoms with van der Waals surface area (Å²) in [5.41, 5.74) is 0. The van der Waals surface area contributed by atoms with Crippen molar-refractivity contribution in [3.63, 3.8) is 0 Å². The Balaban J connectivity index is 1.50. The summed E-state index contributed by atoms with van der Waals surface area (Å²) in [4.78, 5) is 28.9. The maximum Gasteiger partial charge on any atom is 0.410 e. The summed E-state index contributed by atoms with van der Waals surface area (Å²) >= 11 is 1.62. The van der Waals surface area contributed by atoms with Crippen LogP contribution in [0.5, 0.6) is 0 Å². The van der Waals surface area contributed by atoms with Crippen LogP contribution in [0.1, 0.15) is 31.1 Å². The molecule has 1 unspecified atom stereocenters. The van der Waals surface area contributed by atoms with Crippen LogP contribution in [0.15, 0.2) is 23.6 Å². The number of carbonyl (C=O) groups is 2. The molecule has 3 heterocycles. The first kappa shape index (κ1) is 16.1. The van der Waals surface area contributed by atoms with E-state index in [2.05, 4.69) is 0 Å². The molecular formula is C17H22N2O3S. The van der Waals surface area contributed by atoms with E-state index in [1.165, 1.54) is 0 Å². The number of thiophene rings is 1.